The standard InChI is InChI=1S/C13H16N2O/c1-10-8-15(13(16)14(2)3)9-11-6-4-5-7-12(10)11/h4-8H,9H2,1-3H3. The fraction of sp³-hybridized carbons (Fsp3) is 0.308. The molecule has 3 nitrogen and oxygen atoms in total. The predicted molar refractivity (Wildman–Crippen MR) is 64.7 cm³/mol. The maximum Gasteiger partial charge on any atom is 0.323 e. The van der Waals surface area contributed by atoms with E-state index < -0.39 is 0 Å². The number of amides is 2. The molecule has 1 aromatic carbocycles. The summed E-state index contributed by atoms with van der Waals surface area (Å²) in [6, 6.07) is 8.23. The fourth-order valence-corrected chi connectivity index (χ4v) is 1.96. The zero-order valence-electron chi connectivity index (χ0n) is 9.90. The van der Waals surface area contributed by atoms with E-state index in [1.807, 2.05) is 25.3 Å². The highest BCUT2D eigenvalue weighted by Gasteiger charge is 2.20. The highest BCUT2D eigenvalue weighted by Crippen LogP contribution is 2.26. The monoisotopic (exact) mass is 216 g/mol. The Labute approximate surface area is 96.0 Å². The van der Waals surface area contributed by atoms with E-state index in [9.17, 15) is 4.79 Å². The van der Waals surface area contributed by atoms with Gasteiger partial charge in [-0.3, -0.25) is 4.90 Å². The SMILES string of the molecule is CC1=CN(C(=O)N(C)C)Cc2ccccc21. The van der Waals surface area contributed by atoms with Crippen LogP contribution in [0.2, 0.25) is 0 Å². The Hall–Kier alpha value is -1.77. The molecule has 0 saturated carbocycles. The lowest BCUT2D eigenvalue weighted by atomic mass is 9.98. The minimum atomic E-state index is 0.0221. The van der Waals surface area contributed by atoms with Crippen LogP contribution in [0, 0.1) is 0 Å². The summed E-state index contributed by atoms with van der Waals surface area (Å²) in [5.41, 5.74) is 3.58. The number of rotatable bonds is 0. The Morgan fingerprint density at radius 3 is 2.69 bits per heavy atom. The van der Waals surface area contributed by atoms with Crippen molar-refractivity contribution in [2.24, 2.45) is 0 Å². The molecule has 84 valence electrons. The summed E-state index contributed by atoms with van der Waals surface area (Å²) in [7, 11) is 3.54. The number of nitrogens with zero attached hydrogens (tertiary/aromatic N) is 2. The van der Waals surface area contributed by atoms with Crippen LogP contribution in [0.4, 0.5) is 4.79 Å². The largest absolute Gasteiger partial charge is 0.330 e. The summed E-state index contributed by atoms with van der Waals surface area (Å²) in [6.45, 7) is 2.69. The second-order valence-electron chi connectivity index (χ2n) is 4.27. The quantitative estimate of drug-likeness (QED) is 0.653. The minimum absolute atomic E-state index is 0.0221. The van der Waals surface area contributed by atoms with Gasteiger partial charge in [-0.25, -0.2) is 4.79 Å². The van der Waals surface area contributed by atoms with Crippen molar-refractivity contribution in [3.8, 4) is 0 Å². The van der Waals surface area contributed by atoms with Gasteiger partial charge in [0.1, 0.15) is 0 Å². The molecule has 1 aliphatic rings. The summed E-state index contributed by atoms with van der Waals surface area (Å²) in [5.74, 6) is 0. The van der Waals surface area contributed by atoms with Crippen molar-refractivity contribution in [2.45, 2.75) is 13.5 Å². The van der Waals surface area contributed by atoms with E-state index in [2.05, 4.69) is 12.1 Å². The molecule has 0 atom stereocenters. The van der Waals surface area contributed by atoms with Gasteiger partial charge in [0.2, 0.25) is 0 Å². The Bertz CT molecular complexity index is 449. The van der Waals surface area contributed by atoms with E-state index in [0.29, 0.717) is 6.54 Å². The third kappa shape index (κ3) is 1.81. The lowest BCUT2D eigenvalue weighted by molar-refractivity contribution is 0.186. The van der Waals surface area contributed by atoms with Crippen LogP contribution < -0.4 is 0 Å². The molecule has 1 aromatic rings. The Kier molecular flexibility index (Phi) is 2.69. The van der Waals surface area contributed by atoms with E-state index in [-0.39, 0.29) is 6.03 Å². The number of benzene rings is 1. The lowest BCUT2D eigenvalue weighted by Gasteiger charge is -2.28. The number of fused-ring (bicyclic) bond motifs is 1. The molecule has 0 bridgehead atoms. The molecule has 0 aliphatic carbocycles. The minimum Gasteiger partial charge on any atom is -0.330 e. The molecule has 2 rings (SSSR count). The van der Waals surface area contributed by atoms with Crippen molar-refractivity contribution in [1.82, 2.24) is 9.80 Å². The molecule has 0 fully saturated rings. The average molecular weight is 216 g/mol. The van der Waals surface area contributed by atoms with E-state index >= 15 is 0 Å². The normalized spacial score (nSPS) is 14.2. The van der Waals surface area contributed by atoms with Crippen molar-refractivity contribution < 1.29 is 4.79 Å². The molecule has 0 aromatic heterocycles. The maximum absolute atomic E-state index is 11.9. The first-order valence-electron chi connectivity index (χ1n) is 5.34. The van der Waals surface area contributed by atoms with Gasteiger partial charge in [0.05, 0.1) is 6.54 Å². The summed E-state index contributed by atoms with van der Waals surface area (Å²) in [5, 5.41) is 0. The summed E-state index contributed by atoms with van der Waals surface area (Å²) < 4.78 is 0. The number of urea groups is 1. The maximum atomic E-state index is 11.9. The fourth-order valence-electron chi connectivity index (χ4n) is 1.96. The van der Waals surface area contributed by atoms with Gasteiger partial charge in [-0.05, 0) is 23.6 Å². The number of hydrogen-bond acceptors (Lipinski definition) is 1. The molecule has 2 amide bonds. The first-order chi connectivity index (χ1) is 7.59. The van der Waals surface area contributed by atoms with Gasteiger partial charge in [-0.1, -0.05) is 24.3 Å². The third-order valence-corrected chi connectivity index (χ3v) is 2.76. The summed E-state index contributed by atoms with van der Waals surface area (Å²) >= 11 is 0. The second kappa shape index (κ2) is 4.00. The summed E-state index contributed by atoms with van der Waals surface area (Å²) in [4.78, 5) is 15.2. The zero-order valence-corrected chi connectivity index (χ0v) is 9.90. The molecular formula is C13H16N2O. The van der Waals surface area contributed by atoms with Gasteiger partial charge in [0, 0.05) is 20.3 Å². The molecule has 0 saturated heterocycles. The zero-order chi connectivity index (χ0) is 11.7. The number of hydrogen-bond donors (Lipinski definition) is 0. The highest BCUT2D eigenvalue weighted by molar-refractivity contribution is 5.79. The first kappa shape index (κ1) is 10.7. The Morgan fingerprint density at radius 1 is 1.31 bits per heavy atom. The lowest BCUT2D eigenvalue weighted by Crippen LogP contribution is -2.36. The van der Waals surface area contributed by atoms with Crippen molar-refractivity contribution in [1.29, 1.82) is 0 Å². The van der Waals surface area contributed by atoms with Gasteiger partial charge in [0.25, 0.3) is 0 Å². The van der Waals surface area contributed by atoms with Crippen LogP contribution in [-0.2, 0) is 6.54 Å². The molecule has 1 heterocycles. The second-order valence-corrected chi connectivity index (χ2v) is 4.27. The van der Waals surface area contributed by atoms with E-state index in [0.717, 1.165) is 5.57 Å². The molecule has 0 spiro atoms. The van der Waals surface area contributed by atoms with Gasteiger partial charge < -0.3 is 4.90 Å². The van der Waals surface area contributed by atoms with Gasteiger partial charge >= 0.3 is 6.03 Å². The van der Waals surface area contributed by atoms with Crippen molar-refractivity contribution in [2.75, 3.05) is 14.1 Å². The van der Waals surface area contributed by atoms with Crippen molar-refractivity contribution in [3.63, 3.8) is 0 Å². The van der Waals surface area contributed by atoms with Crippen LogP contribution in [0.25, 0.3) is 5.57 Å². The summed E-state index contributed by atoms with van der Waals surface area (Å²) in [6.07, 6.45) is 1.92. The van der Waals surface area contributed by atoms with Gasteiger partial charge in [0.15, 0.2) is 0 Å². The topological polar surface area (TPSA) is 23.6 Å². The predicted octanol–water partition coefficient (Wildman–Crippen LogP) is 2.54. The van der Waals surface area contributed by atoms with Crippen molar-refractivity contribution in [3.05, 3.63) is 41.6 Å². The molecular weight excluding hydrogens is 200 g/mol. The average Bonchev–Trinajstić information content (AvgIpc) is 2.28. The molecule has 1 aliphatic heterocycles. The molecule has 16 heavy (non-hydrogen) atoms. The molecule has 0 N–H and O–H groups in total. The van der Waals surface area contributed by atoms with Crippen LogP contribution >= 0.6 is 0 Å². The molecule has 0 radical (unpaired) electrons. The van der Waals surface area contributed by atoms with Crippen molar-refractivity contribution >= 4 is 11.6 Å². The van der Waals surface area contributed by atoms with Crippen LogP contribution in [0.5, 0.6) is 0 Å². The van der Waals surface area contributed by atoms with Crippen LogP contribution in [-0.4, -0.2) is 29.9 Å². The number of carbonyl (C=O) groups is 1. The van der Waals surface area contributed by atoms with Gasteiger partial charge in [-0.15, -0.1) is 0 Å². The van der Waals surface area contributed by atoms with Crippen LogP contribution in [0.3, 0.4) is 0 Å². The number of allylic oxidation sites excluding steroid dienone is 1. The van der Waals surface area contributed by atoms with E-state index in [1.54, 1.807) is 23.9 Å². The Morgan fingerprint density at radius 2 is 2.00 bits per heavy atom. The molecule has 0 unspecified atom stereocenters. The first-order valence-corrected chi connectivity index (χ1v) is 5.34. The molecule has 3 heteroatoms. The Balaban J connectivity index is 2.33. The smallest absolute Gasteiger partial charge is 0.323 e. The van der Waals surface area contributed by atoms with E-state index in [4.69, 9.17) is 0 Å². The third-order valence-electron chi connectivity index (χ3n) is 2.76. The van der Waals surface area contributed by atoms with E-state index in [1.165, 1.54) is 11.1 Å². The van der Waals surface area contributed by atoms with Crippen LogP contribution in [0.1, 0.15) is 18.1 Å². The van der Waals surface area contributed by atoms with Crippen LogP contribution in [0.15, 0.2) is 30.5 Å². The van der Waals surface area contributed by atoms with Gasteiger partial charge in [-0.2, -0.15) is 0 Å². The number of carbonyl (C=O) groups excluding carboxylic acids is 1. The highest BCUT2D eigenvalue weighted by atomic mass is 16.2.